The van der Waals surface area contributed by atoms with Crippen LogP contribution in [0.25, 0.3) is 0 Å². The molecule has 0 radical (unpaired) electrons. The number of hydrogen-bond donors (Lipinski definition) is 3. The number of hydrogen-bond acceptors (Lipinski definition) is 3. The van der Waals surface area contributed by atoms with Crippen molar-refractivity contribution in [3.8, 4) is 0 Å². The zero-order valence-corrected chi connectivity index (χ0v) is 9.64. The summed E-state index contributed by atoms with van der Waals surface area (Å²) in [5.41, 5.74) is 7.22. The predicted octanol–water partition coefficient (Wildman–Crippen LogP) is 1.13. The van der Waals surface area contributed by atoms with E-state index in [1.165, 1.54) is 0 Å². The summed E-state index contributed by atoms with van der Waals surface area (Å²) < 4.78 is 0. The summed E-state index contributed by atoms with van der Waals surface area (Å²) in [6.07, 6.45) is 0.0232. The molecule has 0 aliphatic carbocycles. The van der Waals surface area contributed by atoms with Crippen LogP contribution < -0.4 is 11.1 Å². The van der Waals surface area contributed by atoms with Crippen molar-refractivity contribution in [1.82, 2.24) is 0 Å². The molecule has 1 atom stereocenters. The number of aliphatic carboxylic acids is 1. The molecule has 0 aliphatic heterocycles. The molecule has 0 bridgehead atoms. The van der Waals surface area contributed by atoms with Gasteiger partial charge in [0.15, 0.2) is 0 Å². The van der Waals surface area contributed by atoms with E-state index in [0.29, 0.717) is 5.69 Å². The summed E-state index contributed by atoms with van der Waals surface area (Å²) in [6, 6.07) is 6.53. The lowest BCUT2D eigenvalue weighted by Gasteiger charge is -2.12. The van der Waals surface area contributed by atoms with Gasteiger partial charge in [0.1, 0.15) is 0 Å². The third-order valence-electron chi connectivity index (χ3n) is 2.41. The largest absolute Gasteiger partial charge is 0.481 e. The van der Waals surface area contributed by atoms with Gasteiger partial charge in [0, 0.05) is 12.1 Å². The second kappa shape index (κ2) is 6.00. The fraction of sp³-hybridized carbons (Fsp3) is 0.333. The number of benzene rings is 1. The fourth-order valence-corrected chi connectivity index (χ4v) is 1.35. The predicted molar refractivity (Wildman–Crippen MR) is 64.7 cm³/mol. The Bertz CT molecular complexity index is 418. The molecule has 0 heterocycles. The Hall–Kier alpha value is -1.88. The van der Waals surface area contributed by atoms with E-state index in [0.717, 1.165) is 5.56 Å². The number of nitrogens with one attached hydrogen (secondary N) is 1. The van der Waals surface area contributed by atoms with Gasteiger partial charge in [-0.15, -0.1) is 0 Å². The molecule has 1 unspecified atom stereocenters. The lowest BCUT2D eigenvalue weighted by Crippen LogP contribution is -2.36. The molecular formula is C12H16N2O3. The molecule has 1 aromatic rings. The first kappa shape index (κ1) is 13.2. The maximum atomic E-state index is 11.6. The number of carbonyl (C=O) groups is 2. The molecule has 0 saturated heterocycles. The van der Waals surface area contributed by atoms with Gasteiger partial charge >= 0.3 is 5.97 Å². The highest BCUT2D eigenvalue weighted by molar-refractivity contribution is 5.95. The molecule has 5 nitrogen and oxygen atoms in total. The molecule has 4 N–H and O–H groups in total. The van der Waals surface area contributed by atoms with Gasteiger partial charge in [-0.25, -0.2) is 0 Å². The molecule has 1 aromatic carbocycles. The van der Waals surface area contributed by atoms with Crippen molar-refractivity contribution in [2.24, 2.45) is 5.73 Å². The third kappa shape index (κ3) is 4.24. The molecule has 5 heteroatoms. The molecule has 0 aromatic heterocycles. The van der Waals surface area contributed by atoms with Crippen LogP contribution in [0.5, 0.6) is 0 Å². The van der Waals surface area contributed by atoms with Gasteiger partial charge in [-0.3, -0.25) is 9.59 Å². The van der Waals surface area contributed by atoms with Crippen molar-refractivity contribution in [3.05, 3.63) is 29.8 Å². The number of rotatable bonds is 5. The molecule has 0 aliphatic rings. The summed E-state index contributed by atoms with van der Waals surface area (Å²) in [7, 11) is 0. The lowest BCUT2D eigenvalue weighted by molar-refractivity contribution is -0.137. The van der Waals surface area contributed by atoms with Gasteiger partial charge in [-0.2, -0.15) is 0 Å². The van der Waals surface area contributed by atoms with Gasteiger partial charge < -0.3 is 16.2 Å². The zero-order valence-electron chi connectivity index (χ0n) is 9.64. The van der Waals surface area contributed by atoms with Crippen LogP contribution in [-0.2, 0) is 9.59 Å². The van der Waals surface area contributed by atoms with Gasteiger partial charge in [-0.1, -0.05) is 18.2 Å². The van der Waals surface area contributed by atoms with Crippen LogP contribution in [0.1, 0.15) is 18.4 Å². The fourth-order valence-electron chi connectivity index (χ4n) is 1.35. The summed E-state index contributed by atoms with van der Waals surface area (Å²) in [5.74, 6) is -1.32. The maximum absolute atomic E-state index is 11.6. The summed E-state index contributed by atoms with van der Waals surface area (Å²) >= 11 is 0. The molecule has 0 spiro atoms. The molecule has 92 valence electrons. The molecular weight excluding hydrogens is 220 g/mol. The van der Waals surface area contributed by atoms with E-state index in [2.05, 4.69) is 5.32 Å². The second-order valence-corrected chi connectivity index (χ2v) is 3.84. The van der Waals surface area contributed by atoms with Gasteiger partial charge in [-0.05, 0) is 25.0 Å². The SMILES string of the molecule is Cc1ccccc1NC(=O)C(N)CCC(=O)O. The highest BCUT2D eigenvalue weighted by Gasteiger charge is 2.15. The topological polar surface area (TPSA) is 92.4 Å². The molecule has 0 fully saturated rings. The summed E-state index contributed by atoms with van der Waals surface area (Å²) in [5, 5.41) is 11.2. The Morgan fingerprint density at radius 2 is 2.06 bits per heavy atom. The monoisotopic (exact) mass is 236 g/mol. The van der Waals surface area contributed by atoms with Crippen LogP contribution in [0.2, 0.25) is 0 Å². The first-order valence-corrected chi connectivity index (χ1v) is 5.34. The first-order valence-electron chi connectivity index (χ1n) is 5.34. The maximum Gasteiger partial charge on any atom is 0.303 e. The van der Waals surface area contributed by atoms with Gasteiger partial charge in [0.25, 0.3) is 0 Å². The van der Waals surface area contributed by atoms with Crippen molar-refractivity contribution in [3.63, 3.8) is 0 Å². The Morgan fingerprint density at radius 1 is 1.41 bits per heavy atom. The smallest absolute Gasteiger partial charge is 0.303 e. The minimum Gasteiger partial charge on any atom is -0.481 e. The zero-order chi connectivity index (χ0) is 12.8. The highest BCUT2D eigenvalue weighted by atomic mass is 16.4. The van der Waals surface area contributed by atoms with Crippen LogP contribution in [0.4, 0.5) is 5.69 Å². The molecule has 0 saturated carbocycles. The van der Waals surface area contributed by atoms with Crippen LogP contribution >= 0.6 is 0 Å². The lowest BCUT2D eigenvalue weighted by atomic mass is 10.1. The average Bonchev–Trinajstić information content (AvgIpc) is 2.28. The first-order chi connectivity index (χ1) is 8.00. The van der Waals surface area contributed by atoms with Gasteiger partial charge in [0.2, 0.25) is 5.91 Å². The van der Waals surface area contributed by atoms with Crippen molar-refractivity contribution >= 4 is 17.6 Å². The molecule has 1 rings (SSSR count). The van der Waals surface area contributed by atoms with Gasteiger partial charge in [0.05, 0.1) is 6.04 Å². The number of anilines is 1. The Labute approximate surface area is 99.6 Å². The Kier molecular flexibility index (Phi) is 4.66. The van der Waals surface area contributed by atoms with E-state index in [1.54, 1.807) is 6.07 Å². The van der Waals surface area contributed by atoms with Crippen LogP contribution in [-0.4, -0.2) is 23.0 Å². The summed E-state index contributed by atoms with van der Waals surface area (Å²) in [6.45, 7) is 1.87. The van der Waals surface area contributed by atoms with Crippen molar-refractivity contribution < 1.29 is 14.7 Å². The Morgan fingerprint density at radius 3 is 2.65 bits per heavy atom. The third-order valence-corrected chi connectivity index (χ3v) is 2.41. The van der Waals surface area contributed by atoms with E-state index in [1.807, 2.05) is 25.1 Å². The average molecular weight is 236 g/mol. The minimum atomic E-state index is -0.954. The summed E-state index contributed by atoms with van der Waals surface area (Å²) in [4.78, 5) is 22.0. The second-order valence-electron chi connectivity index (χ2n) is 3.84. The Balaban J connectivity index is 2.54. The highest BCUT2D eigenvalue weighted by Crippen LogP contribution is 2.13. The van der Waals surface area contributed by atoms with Crippen molar-refractivity contribution in [2.75, 3.05) is 5.32 Å². The minimum absolute atomic E-state index is 0.109. The van der Waals surface area contributed by atoms with E-state index in [4.69, 9.17) is 10.8 Å². The number of nitrogens with two attached hydrogens (primary N) is 1. The van der Waals surface area contributed by atoms with E-state index >= 15 is 0 Å². The van der Waals surface area contributed by atoms with Crippen LogP contribution in [0, 0.1) is 6.92 Å². The standard InChI is InChI=1S/C12H16N2O3/c1-8-4-2-3-5-10(8)14-12(17)9(13)6-7-11(15)16/h2-5,9H,6-7,13H2,1H3,(H,14,17)(H,15,16). The number of carboxylic acids is 1. The number of carbonyl (C=O) groups excluding carboxylic acids is 1. The number of aryl methyl sites for hydroxylation is 1. The van der Waals surface area contributed by atoms with E-state index in [9.17, 15) is 9.59 Å². The number of amides is 1. The quantitative estimate of drug-likeness (QED) is 0.714. The van der Waals surface area contributed by atoms with E-state index in [-0.39, 0.29) is 18.7 Å². The van der Waals surface area contributed by atoms with Crippen LogP contribution in [0.15, 0.2) is 24.3 Å². The number of para-hydroxylation sites is 1. The molecule has 17 heavy (non-hydrogen) atoms. The van der Waals surface area contributed by atoms with Crippen molar-refractivity contribution in [2.45, 2.75) is 25.8 Å². The molecule has 1 amide bonds. The number of carboxylic acid groups (broad SMARTS) is 1. The van der Waals surface area contributed by atoms with Crippen LogP contribution in [0.3, 0.4) is 0 Å². The van der Waals surface area contributed by atoms with Crippen molar-refractivity contribution in [1.29, 1.82) is 0 Å². The normalized spacial score (nSPS) is 11.9. The van der Waals surface area contributed by atoms with E-state index < -0.39 is 12.0 Å².